The molecule has 0 radical (unpaired) electrons. The van der Waals surface area contributed by atoms with Crippen molar-refractivity contribution in [2.45, 2.75) is 13.3 Å². The number of amides is 2. The van der Waals surface area contributed by atoms with Gasteiger partial charge < -0.3 is 15.3 Å². The van der Waals surface area contributed by atoms with Gasteiger partial charge in [0.25, 0.3) is 0 Å². The number of nitrogens with one attached hydrogen (secondary N) is 1. The van der Waals surface area contributed by atoms with Gasteiger partial charge in [0.2, 0.25) is 11.8 Å². The Morgan fingerprint density at radius 1 is 1.57 bits per heavy atom. The topological polar surface area (TPSA) is 69.6 Å². The van der Waals surface area contributed by atoms with Gasteiger partial charge in [-0.3, -0.25) is 9.59 Å². The van der Waals surface area contributed by atoms with Crippen molar-refractivity contribution >= 4 is 29.1 Å². The molecule has 0 bridgehead atoms. The lowest BCUT2D eigenvalue weighted by molar-refractivity contribution is -0.132. The minimum absolute atomic E-state index is 0.00747. The summed E-state index contributed by atoms with van der Waals surface area (Å²) in [7, 11) is 0. The third-order valence-corrected chi connectivity index (χ3v) is 3.81. The number of halogens is 1. The number of hydrogen-bond donors (Lipinski definition) is 2. The number of aliphatic hydroxyl groups excluding tert-OH is 1. The number of rotatable bonds is 5. The van der Waals surface area contributed by atoms with Crippen molar-refractivity contribution in [3.63, 3.8) is 0 Å². The zero-order chi connectivity index (χ0) is 15.4. The van der Waals surface area contributed by atoms with Gasteiger partial charge in [-0.1, -0.05) is 24.6 Å². The normalized spacial score (nSPS) is 19.7. The molecule has 2 unspecified atom stereocenters. The third-order valence-electron chi connectivity index (χ3n) is 3.58. The van der Waals surface area contributed by atoms with E-state index < -0.39 is 5.92 Å². The lowest BCUT2D eigenvalue weighted by Crippen LogP contribution is -2.39. The first-order valence-corrected chi connectivity index (χ1v) is 7.36. The minimum Gasteiger partial charge on any atom is -0.396 e. The molecular formula is C15H19ClN2O3. The molecule has 114 valence electrons. The van der Waals surface area contributed by atoms with Gasteiger partial charge in [0, 0.05) is 30.4 Å². The second kappa shape index (κ2) is 6.91. The molecule has 2 amide bonds. The third kappa shape index (κ3) is 3.74. The Balaban J connectivity index is 1.99. The molecule has 2 rings (SSSR count). The van der Waals surface area contributed by atoms with E-state index in [1.165, 1.54) is 0 Å². The Morgan fingerprint density at radius 2 is 2.33 bits per heavy atom. The molecule has 2 N–H and O–H groups in total. The second-order valence-electron chi connectivity index (χ2n) is 5.34. The van der Waals surface area contributed by atoms with Crippen LogP contribution >= 0.6 is 11.6 Å². The summed E-state index contributed by atoms with van der Waals surface area (Å²) in [6.07, 6.45) is 0.491. The van der Waals surface area contributed by atoms with Gasteiger partial charge in [-0.25, -0.2) is 0 Å². The first-order chi connectivity index (χ1) is 10.0. The molecule has 1 aliphatic heterocycles. The average molecular weight is 311 g/mol. The lowest BCUT2D eigenvalue weighted by Gasteiger charge is -2.17. The maximum atomic E-state index is 12.3. The van der Waals surface area contributed by atoms with E-state index >= 15 is 0 Å². The first kappa shape index (κ1) is 15.8. The standard InChI is InChI=1S/C15H19ClN2O3/c1-10(9-19)8-17-14(20)13-5-6-18(15(13)21)12-4-2-3-11(16)7-12/h2-4,7,10,13,19H,5-6,8-9H2,1H3,(H,17,20). The molecule has 1 aliphatic rings. The number of anilines is 1. The maximum absolute atomic E-state index is 12.3. The van der Waals surface area contributed by atoms with Gasteiger partial charge in [-0.05, 0) is 30.5 Å². The van der Waals surface area contributed by atoms with E-state index in [-0.39, 0.29) is 24.3 Å². The van der Waals surface area contributed by atoms with Crippen LogP contribution in [0.15, 0.2) is 24.3 Å². The zero-order valence-electron chi connectivity index (χ0n) is 11.9. The number of nitrogens with zero attached hydrogens (tertiary/aromatic N) is 1. The van der Waals surface area contributed by atoms with Gasteiger partial charge in [0.05, 0.1) is 0 Å². The fraction of sp³-hybridized carbons (Fsp3) is 0.467. The quantitative estimate of drug-likeness (QED) is 0.809. The van der Waals surface area contributed by atoms with E-state index in [4.69, 9.17) is 16.7 Å². The van der Waals surface area contributed by atoms with Crippen molar-refractivity contribution < 1.29 is 14.7 Å². The predicted octanol–water partition coefficient (Wildman–Crippen LogP) is 1.44. The highest BCUT2D eigenvalue weighted by Gasteiger charge is 2.37. The highest BCUT2D eigenvalue weighted by molar-refractivity contribution is 6.31. The van der Waals surface area contributed by atoms with Crippen molar-refractivity contribution in [2.24, 2.45) is 11.8 Å². The number of benzene rings is 1. The average Bonchev–Trinajstić information content (AvgIpc) is 2.86. The molecule has 0 saturated carbocycles. The van der Waals surface area contributed by atoms with E-state index in [0.717, 1.165) is 0 Å². The smallest absolute Gasteiger partial charge is 0.239 e. The lowest BCUT2D eigenvalue weighted by atomic mass is 10.1. The van der Waals surface area contributed by atoms with Crippen molar-refractivity contribution in [2.75, 3.05) is 24.6 Å². The highest BCUT2D eigenvalue weighted by atomic mass is 35.5. The molecule has 6 heteroatoms. The summed E-state index contributed by atoms with van der Waals surface area (Å²) in [6.45, 7) is 2.71. The molecule has 0 spiro atoms. The predicted molar refractivity (Wildman–Crippen MR) is 81.2 cm³/mol. The molecule has 0 aliphatic carbocycles. The first-order valence-electron chi connectivity index (χ1n) is 6.98. The van der Waals surface area contributed by atoms with Gasteiger partial charge in [0.1, 0.15) is 5.92 Å². The van der Waals surface area contributed by atoms with E-state index in [2.05, 4.69) is 5.32 Å². The molecule has 5 nitrogen and oxygen atoms in total. The van der Waals surface area contributed by atoms with E-state index in [1.807, 2.05) is 6.92 Å². The Morgan fingerprint density at radius 3 is 3.00 bits per heavy atom. The van der Waals surface area contributed by atoms with Crippen molar-refractivity contribution in [3.8, 4) is 0 Å². The second-order valence-corrected chi connectivity index (χ2v) is 5.78. The summed E-state index contributed by atoms with van der Waals surface area (Å²) in [5.74, 6) is -1.15. The van der Waals surface area contributed by atoms with Crippen LogP contribution in [-0.4, -0.2) is 36.6 Å². The number of hydrogen-bond acceptors (Lipinski definition) is 3. The van der Waals surface area contributed by atoms with Gasteiger partial charge >= 0.3 is 0 Å². The van der Waals surface area contributed by atoms with Crippen LogP contribution < -0.4 is 10.2 Å². The van der Waals surface area contributed by atoms with E-state index in [9.17, 15) is 9.59 Å². The van der Waals surface area contributed by atoms with Gasteiger partial charge in [-0.15, -0.1) is 0 Å². The molecule has 1 aromatic rings. The van der Waals surface area contributed by atoms with Crippen LogP contribution in [0.2, 0.25) is 5.02 Å². The van der Waals surface area contributed by atoms with Crippen LogP contribution in [0, 0.1) is 11.8 Å². The summed E-state index contributed by atoms with van der Waals surface area (Å²) in [5.41, 5.74) is 0.714. The molecule has 1 aromatic carbocycles. The van der Waals surface area contributed by atoms with Crippen LogP contribution in [0.5, 0.6) is 0 Å². The highest BCUT2D eigenvalue weighted by Crippen LogP contribution is 2.27. The Kier molecular flexibility index (Phi) is 5.20. The summed E-state index contributed by atoms with van der Waals surface area (Å²) < 4.78 is 0. The summed E-state index contributed by atoms with van der Waals surface area (Å²) in [6, 6.07) is 7.04. The van der Waals surface area contributed by atoms with Crippen molar-refractivity contribution in [3.05, 3.63) is 29.3 Å². The van der Waals surface area contributed by atoms with E-state index in [1.54, 1.807) is 29.2 Å². The summed E-state index contributed by atoms with van der Waals surface area (Å²) >= 11 is 5.93. The monoisotopic (exact) mass is 310 g/mol. The largest absolute Gasteiger partial charge is 0.396 e. The molecule has 2 atom stereocenters. The van der Waals surface area contributed by atoms with E-state index in [0.29, 0.717) is 30.2 Å². The Labute approximate surface area is 128 Å². The molecule has 1 saturated heterocycles. The zero-order valence-corrected chi connectivity index (χ0v) is 12.6. The summed E-state index contributed by atoms with van der Waals surface area (Å²) in [5, 5.41) is 12.2. The fourth-order valence-electron chi connectivity index (χ4n) is 2.29. The molecule has 1 fully saturated rings. The van der Waals surface area contributed by atoms with Crippen molar-refractivity contribution in [1.29, 1.82) is 0 Å². The van der Waals surface area contributed by atoms with Gasteiger partial charge in [-0.2, -0.15) is 0 Å². The Bertz CT molecular complexity index is 535. The van der Waals surface area contributed by atoms with Crippen molar-refractivity contribution in [1.82, 2.24) is 5.32 Å². The number of aliphatic hydroxyl groups is 1. The fourth-order valence-corrected chi connectivity index (χ4v) is 2.47. The van der Waals surface area contributed by atoms with Crippen LogP contribution in [0.25, 0.3) is 0 Å². The number of carbonyl (C=O) groups excluding carboxylic acids is 2. The molecule has 0 aromatic heterocycles. The SMILES string of the molecule is CC(CO)CNC(=O)C1CCN(c2cccc(Cl)c2)C1=O. The van der Waals surface area contributed by atoms with Crippen LogP contribution in [0.4, 0.5) is 5.69 Å². The minimum atomic E-state index is -0.658. The maximum Gasteiger partial charge on any atom is 0.239 e. The van der Waals surface area contributed by atoms with Crippen LogP contribution in [-0.2, 0) is 9.59 Å². The molecule has 1 heterocycles. The Hall–Kier alpha value is -1.59. The summed E-state index contributed by atoms with van der Waals surface area (Å²) in [4.78, 5) is 26.0. The van der Waals surface area contributed by atoms with Crippen LogP contribution in [0.1, 0.15) is 13.3 Å². The van der Waals surface area contributed by atoms with Gasteiger partial charge in [0.15, 0.2) is 0 Å². The van der Waals surface area contributed by atoms with Crippen LogP contribution in [0.3, 0.4) is 0 Å². The molecule has 21 heavy (non-hydrogen) atoms. The number of carbonyl (C=O) groups is 2. The molecular weight excluding hydrogens is 292 g/mol.